The van der Waals surface area contributed by atoms with Crippen molar-refractivity contribution >= 4 is 49.4 Å². The van der Waals surface area contributed by atoms with Crippen molar-refractivity contribution in [1.82, 2.24) is 0 Å². The summed E-state index contributed by atoms with van der Waals surface area (Å²) in [4.78, 5) is 11.3. The number of hydrogen-bond donors (Lipinski definition) is 0. The zero-order chi connectivity index (χ0) is 12.1. The number of carbonyl (C=O) groups excluding carboxylic acids is 1. The molecule has 16 heavy (non-hydrogen) atoms. The van der Waals surface area contributed by atoms with E-state index in [9.17, 15) is 4.79 Å². The van der Waals surface area contributed by atoms with Gasteiger partial charge in [0.1, 0.15) is 0 Å². The van der Waals surface area contributed by atoms with Crippen LogP contribution in [0.15, 0.2) is 16.6 Å². The van der Waals surface area contributed by atoms with Crippen LogP contribution in [0.2, 0.25) is 5.02 Å². The van der Waals surface area contributed by atoms with Crippen LogP contribution in [0, 0.1) is 0 Å². The van der Waals surface area contributed by atoms with Gasteiger partial charge < -0.3 is 4.74 Å². The normalized spacial score (nSPS) is 10.2. The Hall–Kier alpha value is -0.0600. The molecule has 0 unspecified atom stereocenters. The molecule has 0 N–H and O–H groups in total. The van der Waals surface area contributed by atoms with Crippen molar-refractivity contribution in [2.45, 2.75) is 18.7 Å². The largest absolute Gasteiger partial charge is 0.466 e. The summed E-state index contributed by atoms with van der Waals surface area (Å²) >= 11 is 12.8. The standard InChI is InChI=1S/C11H11Br2ClO2/c1-2-16-10(15)5-7-3-8(6-12)11(14)9(13)4-7/h3-4H,2,5-6H2,1H3. The first-order chi connectivity index (χ1) is 7.58. The van der Waals surface area contributed by atoms with Gasteiger partial charge in [-0.2, -0.15) is 0 Å². The van der Waals surface area contributed by atoms with Crippen molar-refractivity contribution in [3.05, 3.63) is 32.8 Å². The van der Waals surface area contributed by atoms with E-state index in [4.69, 9.17) is 16.3 Å². The van der Waals surface area contributed by atoms with Crippen LogP contribution >= 0.6 is 43.5 Å². The summed E-state index contributed by atoms with van der Waals surface area (Å²) < 4.78 is 5.69. The molecule has 0 aliphatic carbocycles. The van der Waals surface area contributed by atoms with Gasteiger partial charge in [-0.05, 0) is 40.0 Å². The number of esters is 1. The van der Waals surface area contributed by atoms with E-state index in [-0.39, 0.29) is 12.4 Å². The number of benzene rings is 1. The average molecular weight is 370 g/mol. The van der Waals surface area contributed by atoms with Gasteiger partial charge in [-0.3, -0.25) is 4.79 Å². The van der Waals surface area contributed by atoms with Crippen LogP contribution in [0.25, 0.3) is 0 Å². The van der Waals surface area contributed by atoms with Crippen LogP contribution in [0.5, 0.6) is 0 Å². The number of hydrogen-bond acceptors (Lipinski definition) is 2. The highest BCUT2D eigenvalue weighted by molar-refractivity contribution is 9.10. The van der Waals surface area contributed by atoms with Gasteiger partial charge in [-0.25, -0.2) is 0 Å². The van der Waals surface area contributed by atoms with Gasteiger partial charge in [0.25, 0.3) is 0 Å². The van der Waals surface area contributed by atoms with E-state index in [0.29, 0.717) is 17.0 Å². The van der Waals surface area contributed by atoms with Crippen LogP contribution in [0.4, 0.5) is 0 Å². The Morgan fingerprint density at radius 3 is 2.75 bits per heavy atom. The van der Waals surface area contributed by atoms with E-state index in [2.05, 4.69) is 31.9 Å². The molecule has 0 saturated heterocycles. The van der Waals surface area contributed by atoms with Crippen LogP contribution in [0.3, 0.4) is 0 Å². The number of halogens is 3. The number of alkyl halides is 1. The maximum atomic E-state index is 11.3. The molecule has 0 radical (unpaired) electrons. The second kappa shape index (κ2) is 6.62. The summed E-state index contributed by atoms with van der Waals surface area (Å²) in [5.74, 6) is -0.225. The summed E-state index contributed by atoms with van der Waals surface area (Å²) in [5, 5.41) is 1.32. The Bertz CT molecular complexity index is 394. The fourth-order valence-electron chi connectivity index (χ4n) is 1.29. The lowest BCUT2D eigenvalue weighted by Gasteiger charge is -2.07. The molecule has 1 aromatic carbocycles. The van der Waals surface area contributed by atoms with Crippen molar-refractivity contribution in [3.63, 3.8) is 0 Å². The first-order valence-electron chi connectivity index (χ1n) is 4.76. The van der Waals surface area contributed by atoms with Gasteiger partial charge in [-0.1, -0.05) is 33.6 Å². The molecule has 5 heteroatoms. The second-order valence-electron chi connectivity index (χ2n) is 3.17. The fourth-order valence-corrected chi connectivity index (χ4v) is 2.61. The van der Waals surface area contributed by atoms with E-state index < -0.39 is 0 Å². The monoisotopic (exact) mass is 368 g/mol. The van der Waals surface area contributed by atoms with Crippen molar-refractivity contribution in [1.29, 1.82) is 0 Å². The molecule has 0 amide bonds. The molecular formula is C11H11Br2ClO2. The van der Waals surface area contributed by atoms with Gasteiger partial charge >= 0.3 is 5.97 Å². The molecule has 0 spiro atoms. The molecule has 0 bridgehead atoms. The van der Waals surface area contributed by atoms with Gasteiger partial charge in [0.15, 0.2) is 0 Å². The molecule has 0 saturated carbocycles. The maximum Gasteiger partial charge on any atom is 0.310 e. The van der Waals surface area contributed by atoms with Crippen LogP contribution in [-0.4, -0.2) is 12.6 Å². The summed E-state index contributed by atoms with van der Waals surface area (Å²) in [7, 11) is 0. The van der Waals surface area contributed by atoms with Gasteiger partial charge in [0, 0.05) is 9.80 Å². The highest BCUT2D eigenvalue weighted by atomic mass is 79.9. The SMILES string of the molecule is CCOC(=O)Cc1cc(Br)c(Cl)c(CBr)c1. The van der Waals surface area contributed by atoms with Crippen molar-refractivity contribution in [2.24, 2.45) is 0 Å². The molecule has 88 valence electrons. The first-order valence-corrected chi connectivity index (χ1v) is 7.06. The number of rotatable bonds is 4. The van der Waals surface area contributed by atoms with E-state index in [0.717, 1.165) is 15.6 Å². The van der Waals surface area contributed by atoms with E-state index >= 15 is 0 Å². The molecular weight excluding hydrogens is 359 g/mol. The zero-order valence-corrected chi connectivity index (χ0v) is 12.7. The molecule has 0 heterocycles. The molecule has 2 nitrogen and oxygen atoms in total. The minimum atomic E-state index is -0.225. The fraction of sp³-hybridized carbons (Fsp3) is 0.364. The van der Waals surface area contributed by atoms with E-state index in [1.165, 1.54) is 0 Å². The summed E-state index contributed by atoms with van der Waals surface area (Å²) in [6.07, 6.45) is 0.267. The third kappa shape index (κ3) is 3.75. The van der Waals surface area contributed by atoms with Crippen molar-refractivity contribution in [3.8, 4) is 0 Å². The quantitative estimate of drug-likeness (QED) is 0.589. The third-order valence-electron chi connectivity index (χ3n) is 1.96. The molecule has 0 aromatic heterocycles. The molecule has 1 rings (SSSR count). The number of carbonyl (C=O) groups is 1. The highest BCUT2D eigenvalue weighted by Gasteiger charge is 2.10. The van der Waals surface area contributed by atoms with E-state index in [1.807, 2.05) is 12.1 Å². The topological polar surface area (TPSA) is 26.3 Å². The molecule has 0 atom stereocenters. The Kier molecular flexibility index (Phi) is 5.79. The summed E-state index contributed by atoms with van der Waals surface area (Å²) in [6, 6.07) is 3.74. The van der Waals surface area contributed by atoms with Crippen LogP contribution < -0.4 is 0 Å². The van der Waals surface area contributed by atoms with Crippen LogP contribution in [0.1, 0.15) is 18.1 Å². The lowest BCUT2D eigenvalue weighted by Crippen LogP contribution is -2.07. The predicted octanol–water partition coefficient (Wildman–Crippen LogP) is 4.10. The maximum absolute atomic E-state index is 11.3. The minimum Gasteiger partial charge on any atom is -0.466 e. The lowest BCUT2D eigenvalue weighted by atomic mass is 10.1. The van der Waals surface area contributed by atoms with Crippen LogP contribution in [-0.2, 0) is 21.3 Å². The third-order valence-corrected chi connectivity index (χ3v) is 3.87. The predicted molar refractivity (Wildman–Crippen MR) is 72.1 cm³/mol. The van der Waals surface area contributed by atoms with E-state index in [1.54, 1.807) is 6.92 Å². The Morgan fingerprint density at radius 2 is 2.19 bits per heavy atom. The first kappa shape index (κ1) is 14.0. The molecule has 1 aromatic rings. The number of ether oxygens (including phenoxy) is 1. The Balaban J connectivity index is 2.89. The second-order valence-corrected chi connectivity index (χ2v) is 4.96. The summed E-state index contributed by atoms with van der Waals surface area (Å²) in [6.45, 7) is 2.19. The average Bonchev–Trinajstić information content (AvgIpc) is 2.23. The molecule has 0 fully saturated rings. The zero-order valence-electron chi connectivity index (χ0n) is 8.73. The highest BCUT2D eigenvalue weighted by Crippen LogP contribution is 2.29. The molecule has 0 aliphatic heterocycles. The Morgan fingerprint density at radius 1 is 1.50 bits per heavy atom. The molecule has 0 aliphatic rings. The summed E-state index contributed by atoms with van der Waals surface area (Å²) in [5.41, 5.74) is 1.85. The lowest BCUT2D eigenvalue weighted by molar-refractivity contribution is -0.142. The van der Waals surface area contributed by atoms with Gasteiger partial charge in [0.05, 0.1) is 18.1 Å². The van der Waals surface area contributed by atoms with Crippen molar-refractivity contribution in [2.75, 3.05) is 6.61 Å². The smallest absolute Gasteiger partial charge is 0.310 e. The van der Waals surface area contributed by atoms with Gasteiger partial charge in [0.2, 0.25) is 0 Å². The minimum absolute atomic E-state index is 0.225. The van der Waals surface area contributed by atoms with Gasteiger partial charge in [-0.15, -0.1) is 0 Å². The Labute approximate surface area is 117 Å². The van der Waals surface area contributed by atoms with Crippen molar-refractivity contribution < 1.29 is 9.53 Å².